The molecule has 1 fully saturated rings. The summed E-state index contributed by atoms with van der Waals surface area (Å²) in [5.41, 5.74) is -1.47. The molecule has 1 aromatic rings. The molecule has 0 amide bonds. The standard InChI is InChI=1S/C13H22N2O11P2S/c1-7(2)25-28(21,29)26-10-8(6-23-27(18,19)20)24-12(11(10)22-3)15-5-4-9(16)14-13(15)17/h4-5,7-8,10-12H,6H2,1-3H3,(H,21,29)(H,14,16,17)(H2,18,19,20)/t8-,10-,11?,12+,28?/m0/s1. The smallest absolute Gasteiger partial charge is 0.374 e. The first-order valence-electron chi connectivity index (χ1n) is 8.22. The highest BCUT2D eigenvalue weighted by Gasteiger charge is 2.50. The van der Waals surface area contributed by atoms with Gasteiger partial charge in [0.1, 0.15) is 18.3 Å². The summed E-state index contributed by atoms with van der Waals surface area (Å²) in [6.07, 6.45) is -4.15. The van der Waals surface area contributed by atoms with E-state index in [0.717, 1.165) is 16.8 Å². The molecule has 0 radical (unpaired) electrons. The molecule has 29 heavy (non-hydrogen) atoms. The van der Waals surface area contributed by atoms with Crippen LogP contribution in [-0.4, -0.2) is 57.5 Å². The molecule has 0 bridgehead atoms. The van der Waals surface area contributed by atoms with Gasteiger partial charge in [-0.3, -0.25) is 27.9 Å². The van der Waals surface area contributed by atoms with Gasteiger partial charge in [0.15, 0.2) is 6.23 Å². The lowest BCUT2D eigenvalue weighted by molar-refractivity contribution is -0.0620. The van der Waals surface area contributed by atoms with Crippen LogP contribution in [0.25, 0.3) is 0 Å². The van der Waals surface area contributed by atoms with Crippen LogP contribution in [0.2, 0.25) is 0 Å². The zero-order valence-electron chi connectivity index (χ0n) is 15.6. The number of hydrogen-bond acceptors (Lipinski definition) is 9. The molecule has 13 nitrogen and oxygen atoms in total. The predicted molar refractivity (Wildman–Crippen MR) is 102 cm³/mol. The number of aromatic amines is 1. The predicted octanol–water partition coefficient (Wildman–Crippen LogP) is 0.406. The fraction of sp³-hybridized carbons (Fsp3) is 0.692. The highest BCUT2D eigenvalue weighted by atomic mass is 32.7. The molecule has 0 aromatic carbocycles. The van der Waals surface area contributed by atoms with Crippen molar-refractivity contribution in [3.63, 3.8) is 0 Å². The Morgan fingerprint density at radius 3 is 2.48 bits per heavy atom. The van der Waals surface area contributed by atoms with Crippen molar-refractivity contribution in [2.75, 3.05) is 13.7 Å². The number of aromatic nitrogens is 2. The topological polar surface area (TPSA) is 176 Å². The Morgan fingerprint density at radius 1 is 1.31 bits per heavy atom. The van der Waals surface area contributed by atoms with Crippen LogP contribution in [0.1, 0.15) is 20.1 Å². The lowest BCUT2D eigenvalue weighted by atomic mass is 10.1. The van der Waals surface area contributed by atoms with Crippen LogP contribution >= 0.6 is 26.9 Å². The number of rotatable bonds is 9. The molecular formula is C13H22N2O11P2S. The molecule has 16 heteroatoms. The number of H-pyrrole nitrogens is 1. The second-order valence-electron chi connectivity index (χ2n) is 6.26. The molecule has 5 atom stereocenters. The molecule has 2 rings (SSSR count). The van der Waals surface area contributed by atoms with E-state index in [0.29, 0.717) is 0 Å². The number of nitrogens with zero attached hydrogens (tertiary/aromatic N) is 1. The number of nitrogens with one attached hydrogen (secondary N) is 1. The first-order chi connectivity index (χ1) is 13.3. The van der Waals surface area contributed by atoms with Gasteiger partial charge in [0.25, 0.3) is 5.56 Å². The van der Waals surface area contributed by atoms with E-state index in [1.807, 2.05) is 4.98 Å². The third-order valence-electron chi connectivity index (χ3n) is 3.69. The van der Waals surface area contributed by atoms with Gasteiger partial charge >= 0.3 is 20.3 Å². The highest BCUT2D eigenvalue weighted by Crippen LogP contribution is 2.57. The summed E-state index contributed by atoms with van der Waals surface area (Å²) >= 11 is 3.89. The van der Waals surface area contributed by atoms with Gasteiger partial charge in [-0.15, -0.1) is 0 Å². The van der Waals surface area contributed by atoms with Crippen LogP contribution in [0.4, 0.5) is 0 Å². The van der Waals surface area contributed by atoms with Gasteiger partial charge in [-0.1, -0.05) is 12.2 Å². The number of phosphoric ester groups is 1. The van der Waals surface area contributed by atoms with Gasteiger partial charge in [-0.25, -0.2) is 13.9 Å². The Hall–Kier alpha value is -0.790. The number of methoxy groups -OCH3 is 1. The van der Waals surface area contributed by atoms with Crippen LogP contribution in [0.3, 0.4) is 0 Å². The first-order valence-corrected chi connectivity index (χ1v) is 12.4. The fourth-order valence-corrected chi connectivity index (χ4v) is 5.07. The second-order valence-corrected chi connectivity index (χ2v) is 10.3. The van der Waals surface area contributed by atoms with Crippen LogP contribution < -0.4 is 11.2 Å². The molecular weight excluding hydrogens is 454 g/mol. The summed E-state index contributed by atoms with van der Waals surface area (Å²) < 4.78 is 50.6. The van der Waals surface area contributed by atoms with Crippen LogP contribution in [0, 0.1) is 0 Å². The lowest BCUT2D eigenvalue weighted by Gasteiger charge is -2.26. The summed E-state index contributed by atoms with van der Waals surface area (Å²) in [4.78, 5) is 43.4. The SMILES string of the molecule is COC1[C@@H](OP(=O)(S)OC(C)C)[C@H](COP(=O)(O)O)O[C@H]1n1ccc(=O)[nH]c1=O. The Kier molecular flexibility index (Phi) is 8.07. The zero-order chi connectivity index (χ0) is 22.0. The minimum Gasteiger partial charge on any atom is -0.374 e. The van der Waals surface area contributed by atoms with Crippen LogP contribution in [-0.2, 0) is 32.2 Å². The fourth-order valence-electron chi connectivity index (χ4n) is 2.69. The minimum absolute atomic E-state index is 0.510. The normalized spacial score (nSPS) is 27.3. The zero-order valence-corrected chi connectivity index (χ0v) is 18.3. The van der Waals surface area contributed by atoms with Crippen molar-refractivity contribution in [2.45, 2.75) is 44.5 Å². The largest absolute Gasteiger partial charge is 0.469 e. The third kappa shape index (κ3) is 6.86. The van der Waals surface area contributed by atoms with Crippen molar-refractivity contribution < 1.29 is 42.0 Å². The molecule has 0 saturated carbocycles. The van der Waals surface area contributed by atoms with Gasteiger partial charge in [-0.2, -0.15) is 0 Å². The minimum atomic E-state index is -4.87. The first kappa shape index (κ1) is 24.5. The summed E-state index contributed by atoms with van der Waals surface area (Å²) in [5, 5.41) is 0. The average molecular weight is 476 g/mol. The van der Waals surface area contributed by atoms with Crippen molar-refractivity contribution in [3.8, 4) is 0 Å². The van der Waals surface area contributed by atoms with Crippen molar-refractivity contribution >= 4 is 26.9 Å². The highest BCUT2D eigenvalue weighted by molar-refractivity contribution is 8.44. The molecule has 0 aliphatic carbocycles. The Morgan fingerprint density at radius 2 is 1.97 bits per heavy atom. The average Bonchev–Trinajstić information content (AvgIpc) is 2.87. The van der Waals surface area contributed by atoms with Crippen molar-refractivity contribution in [1.82, 2.24) is 9.55 Å². The molecule has 3 N–H and O–H groups in total. The summed E-state index contributed by atoms with van der Waals surface area (Å²) in [6.45, 7) is -1.43. The summed E-state index contributed by atoms with van der Waals surface area (Å²) in [6, 6.07) is 1.07. The van der Waals surface area contributed by atoms with Crippen LogP contribution in [0.15, 0.2) is 21.9 Å². The molecule has 2 unspecified atom stereocenters. The lowest BCUT2D eigenvalue weighted by Crippen LogP contribution is -2.39. The van der Waals surface area contributed by atoms with Crippen LogP contribution in [0.5, 0.6) is 0 Å². The maximum Gasteiger partial charge on any atom is 0.469 e. The van der Waals surface area contributed by atoms with Gasteiger partial charge in [0.2, 0.25) is 0 Å². The maximum atomic E-state index is 12.5. The quantitative estimate of drug-likeness (QED) is 0.287. The van der Waals surface area contributed by atoms with E-state index in [4.69, 9.17) is 28.3 Å². The van der Waals surface area contributed by atoms with E-state index >= 15 is 0 Å². The number of phosphoric acid groups is 1. The Balaban J connectivity index is 2.38. The summed E-state index contributed by atoms with van der Waals surface area (Å²) in [7, 11) is -3.61. The number of hydrogen-bond donors (Lipinski definition) is 4. The Labute approximate surface area is 170 Å². The molecule has 2 heterocycles. The van der Waals surface area contributed by atoms with Crippen molar-refractivity contribution in [3.05, 3.63) is 33.1 Å². The van der Waals surface area contributed by atoms with Gasteiger partial charge in [-0.05, 0) is 13.8 Å². The monoisotopic (exact) mass is 476 g/mol. The van der Waals surface area contributed by atoms with Gasteiger partial charge in [0.05, 0.1) is 12.7 Å². The van der Waals surface area contributed by atoms with E-state index in [1.54, 1.807) is 13.8 Å². The van der Waals surface area contributed by atoms with E-state index in [9.17, 15) is 18.7 Å². The van der Waals surface area contributed by atoms with Crippen molar-refractivity contribution in [2.24, 2.45) is 0 Å². The second kappa shape index (κ2) is 9.56. The molecule has 0 spiro atoms. The number of thiol groups is 1. The molecule has 166 valence electrons. The molecule has 1 saturated heterocycles. The Bertz CT molecular complexity index is 913. The molecule has 1 aliphatic heterocycles. The van der Waals surface area contributed by atoms with Gasteiger partial charge < -0.3 is 19.3 Å². The molecule has 1 aromatic heterocycles. The van der Waals surface area contributed by atoms with Crippen molar-refractivity contribution in [1.29, 1.82) is 0 Å². The summed E-state index contributed by atoms with van der Waals surface area (Å²) in [5.74, 6) is 0. The van der Waals surface area contributed by atoms with E-state index in [2.05, 4.69) is 16.8 Å². The molecule has 1 aliphatic rings. The van der Waals surface area contributed by atoms with E-state index in [1.165, 1.54) is 7.11 Å². The van der Waals surface area contributed by atoms with E-state index in [-0.39, 0.29) is 0 Å². The number of ether oxygens (including phenoxy) is 2. The third-order valence-corrected chi connectivity index (χ3v) is 5.94. The van der Waals surface area contributed by atoms with Gasteiger partial charge in [0, 0.05) is 19.4 Å². The maximum absolute atomic E-state index is 12.5. The van der Waals surface area contributed by atoms with E-state index < -0.39 is 63.1 Å².